The molecular weight excluding hydrogens is 212 g/mol. The second-order valence-corrected chi connectivity index (χ2v) is 3.99. The van der Waals surface area contributed by atoms with Crippen molar-refractivity contribution < 1.29 is 5.11 Å². The number of thiazole rings is 1. The largest absolute Gasteiger partial charge is 0.390 e. The molecule has 6 heteroatoms. The van der Waals surface area contributed by atoms with Crippen LogP contribution in [0.4, 0.5) is 0 Å². The number of rotatable bonds is 4. The predicted molar refractivity (Wildman–Crippen MR) is 56.9 cm³/mol. The van der Waals surface area contributed by atoms with Gasteiger partial charge in [-0.2, -0.15) is 4.68 Å². The van der Waals surface area contributed by atoms with Crippen molar-refractivity contribution in [2.24, 2.45) is 0 Å². The van der Waals surface area contributed by atoms with E-state index in [0.717, 1.165) is 23.7 Å². The van der Waals surface area contributed by atoms with Gasteiger partial charge >= 0.3 is 0 Å². The third-order valence-electron chi connectivity index (χ3n) is 2.08. The maximum Gasteiger partial charge on any atom is 0.211 e. The van der Waals surface area contributed by atoms with Gasteiger partial charge in [0.2, 0.25) is 5.13 Å². The Morgan fingerprint density at radius 2 is 2.40 bits per heavy atom. The summed E-state index contributed by atoms with van der Waals surface area (Å²) in [5.74, 6) is 0. The van der Waals surface area contributed by atoms with Crippen molar-refractivity contribution in [1.82, 2.24) is 20.0 Å². The Bertz CT molecular complexity index is 423. The van der Waals surface area contributed by atoms with Gasteiger partial charge in [-0.1, -0.05) is 18.6 Å². The number of nitrogens with zero attached hydrogens (tertiary/aromatic N) is 4. The molecule has 0 aliphatic heterocycles. The topological polar surface area (TPSA) is 63.8 Å². The van der Waals surface area contributed by atoms with Crippen LogP contribution in [0.5, 0.6) is 0 Å². The number of hydrogen-bond acceptors (Lipinski definition) is 5. The number of aromatic nitrogens is 4. The summed E-state index contributed by atoms with van der Waals surface area (Å²) in [6.45, 7) is 2.01. The van der Waals surface area contributed by atoms with Gasteiger partial charge in [0.25, 0.3) is 0 Å². The Hall–Kier alpha value is -1.27. The highest BCUT2D eigenvalue weighted by atomic mass is 32.1. The molecule has 2 aromatic heterocycles. The first-order valence-corrected chi connectivity index (χ1v) is 5.69. The van der Waals surface area contributed by atoms with Crippen molar-refractivity contribution in [2.45, 2.75) is 26.4 Å². The van der Waals surface area contributed by atoms with E-state index in [1.165, 1.54) is 11.3 Å². The van der Waals surface area contributed by atoms with Crippen LogP contribution in [0.15, 0.2) is 11.6 Å². The number of aliphatic hydroxyl groups excluding tert-OH is 1. The highest BCUT2D eigenvalue weighted by molar-refractivity contribution is 7.12. The summed E-state index contributed by atoms with van der Waals surface area (Å²) in [5.41, 5.74) is 1.60. The SMILES string of the molecule is CCCc1c(CO)nnn1-c1nccs1. The van der Waals surface area contributed by atoms with Crippen LogP contribution in [-0.4, -0.2) is 25.1 Å². The van der Waals surface area contributed by atoms with Gasteiger partial charge in [0, 0.05) is 11.6 Å². The zero-order chi connectivity index (χ0) is 10.7. The normalized spacial score (nSPS) is 10.8. The fourth-order valence-corrected chi connectivity index (χ4v) is 2.03. The van der Waals surface area contributed by atoms with Crippen LogP contribution < -0.4 is 0 Å². The molecule has 0 aliphatic carbocycles. The van der Waals surface area contributed by atoms with Crippen molar-refractivity contribution in [3.8, 4) is 5.13 Å². The van der Waals surface area contributed by atoms with E-state index in [2.05, 4.69) is 22.2 Å². The molecule has 2 aromatic rings. The van der Waals surface area contributed by atoms with Crippen molar-refractivity contribution in [3.63, 3.8) is 0 Å². The number of hydrogen-bond donors (Lipinski definition) is 1. The first-order valence-electron chi connectivity index (χ1n) is 4.81. The lowest BCUT2D eigenvalue weighted by Gasteiger charge is -2.01. The van der Waals surface area contributed by atoms with Crippen LogP contribution in [0.2, 0.25) is 0 Å². The van der Waals surface area contributed by atoms with E-state index >= 15 is 0 Å². The van der Waals surface area contributed by atoms with Gasteiger partial charge in [-0.15, -0.1) is 16.4 Å². The molecule has 1 N–H and O–H groups in total. The predicted octanol–water partition coefficient (Wildman–Crippen LogP) is 1.17. The lowest BCUT2D eigenvalue weighted by molar-refractivity contribution is 0.275. The molecule has 0 amide bonds. The van der Waals surface area contributed by atoms with Gasteiger partial charge in [0.15, 0.2) is 0 Å². The van der Waals surface area contributed by atoms with Crippen LogP contribution in [0, 0.1) is 0 Å². The van der Waals surface area contributed by atoms with E-state index in [1.54, 1.807) is 10.9 Å². The summed E-state index contributed by atoms with van der Waals surface area (Å²) in [7, 11) is 0. The third-order valence-corrected chi connectivity index (χ3v) is 2.83. The highest BCUT2D eigenvalue weighted by Crippen LogP contribution is 2.16. The van der Waals surface area contributed by atoms with E-state index in [-0.39, 0.29) is 6.61 Å². The summed E-state index contributed by atoms with van der Waals surface area (Å²) in [4.78, 5) is 4.17. The van der Waals surface area contributed by atoms with Gasteiger partial charge in [-0.05, 0) is 6.42 Å². The zero-order valence-corrected chi connectivity index (χ0v) is 9.24. The summed E-state index contributed by atoms with van der Waals surface area (Å²) in [6.07, 6.45) is 3.57. The fraction of sp³-hybridized carbons (Fsp3) is 0.444. The van der Waals surface area contributed by atoms with Crippen molar-refractivity contribution in [3.05, 3.63) is 23.0 Å². The molecule has 15 heavy (non-hydrogen) atoms. The van der Waals surface area contributed by atoms with E-state index in [9.17, 15) is 0 Å². The standard InChI is InChI=1S/C9H12N4OS/c1-2-3-8-7(6-14)11-12-13(8)9-10-4-5-15-9/h4-5,14H,2-3,6H2,1H3. The Morgan fingerprint density at radius 3 is 3.00 bits per heavy atom. The summed E-state index contributed by atoms with van der Waals surface area (Å²) in [6, 6.07) is 0. The van der Waals surface area contributed by atoms with Crippen LogP contribution in [0.25, 0.3) is 5.13 Å². The van der Waals surface area contributed by atoms with Gasteiger partial charge in [-0.3, -0.25) is 0 Å². The van der Waals surface area contributed by atoms with Crippen LogP contribution >= 0.6 is 11.3 Å². The summed E-state index contributed by atoms with van der Waals surface area (Å²) < 4.78 is 1.71. The third kappa shape index (κ3) is 1.91. The Balaban J connectivity index is 2.43. The molecule has 0 atom stereocenters. The molecule has 0 aliphatic rings. The van der Waals surface area contributed by atoms with E-state index in [1.807, 2.05) is 5.38 Å². The minimum absolute atomic E-state index is 0.0687. The Kier molecular flexibility index (Phi) is 3.08. The maximum atomic E-state index is 9.12. The molecule has 2 rings (SSSR count). The second-order valence-electron chi connectivity index (χ2n) is 3.12. The molecule has 0 aromatic carbocycles. The molecule has 5 nitrogen and oxygen atoms in total. The molecule has 0 fully saturated rings. The van der Waals surface area contributed by atoms with Gasteiger partial charge in [0.05, 0.1) is 12.3 Å². The van der Waals surface area contributed by atoms with Crippen LogP contribution in [-0.2, 0) is 13.0 Å². The smallest absolute Gasteiger partial charge is 0.211 e. The lowest BCUT2D eigenvalue weighted by Crippen LogP contribution is -2.03. The van der Waals surface area contributed by atoms with Gasteiger partial charge < -0.3 is 5.11 Å². The van der Waals surface area contributed by atoms with Crippen molar-refractivity contribution in [1.29, 1.82) is 0 Å². The Labute approximate surface area is 91.4 Å². The monoisotopic (exact) mass is 224 g/mol. The van der Waals surface area contributed by atoms with Gasteiger partial charge in [0.1, 0.15) is 5.69 Å². The van der Waals surface area contributed by atoms with Gasteiger partial charge in [-0.25, -0.2) is 4.98 Å². The molecule has 0 bridgehead atoms. The minimum Gasteiger partial charge on any atom is -0.390 e. The Morgan fingerprint density at radius 1 is 1.53 bits per heavy atom. The highest BCUT2D eigenvalue weighted by Gasteiger charge is 2.13. The first kappa shape index (κ1) is 10.3. The van der Waals surface area contributed by atoms with E-state index in [0.29, 0.717) is 5.69 Å². The van der Waals surface area contributed by atoms with Crippen LogP contribution in [0.3, 0.4) is 0 Å². The molecule has 0 spiro atoms. The fourth-order valence-electron chi connectivity index (χ4n) is 1.42. The zero-order valence-electron chi connectivity index (χ0n) is 8.42. The minimum atomic E-state index is -0.0687. The molecule has 80 valence electrons. The first-order chi connectivity index (χ1) is 7.36. The summed E-state index contributed by atoms with van der Waals surface area (Å²) in [5, 5.41) is 19.8. The quantitative estimate of drug-likeness (QED) is 0.846. The molecular formula is C9H12N4OS. The average molecular weight is 224 g/mol. The second kappa shape index (κ2) is 4.50. The number of aliphatic hydroxyl groups is 1. The van der Waals surface area contributed by atoms with E-state index in [4.69, 9.17) is 5.11 Å². The van der Waals surface area contributed by atoms with E-state index < -0.39 is 0 Å². The molecule has 2 heterocycles. The van der Waals surface area contributed by atoms with Crippen molar-refractivity contribution in [2.75, 3.05) is 0 Å². The molecule has 0 unspecified atom stereocenters. The molecule has 0 saturated heterocycles. The summed E-state index contributed by atoms with van der Waals surface area (Å²) >= 11 is 1.51. The molecule has 0 radical (unpaired) electrons. The van der Waals surface area contributed by atoms with Crippen LogP contribution in [0.1, 0.15) is 24.7 Å². The lowest BCUT2D eigenvalue weighted by atomic mass is 10.2. The average Bonchev–Trinajstić information content (AvgIpc) is 2.85. The van der Waals surface area contributed by atoms with Crippen molar-refractivity contribution >= 4 is 11.3 Å². The maximum absolute atomic E-state index is 9.12. The molecule has 0 saturated carbocycles.